The highest BCUT2D eigenvalue weighted by Crippen LogP contribution is 2.21. The number of pyridine rings is 1. The van der Waals surface area contributed by atoms with Crippen LogP contribution in [0.25, 0.3) is 11.4 Å². The highest BCUT2D eigenvalue weighted by molar-refractivity contribution is 7.71. The fraction of sp³-hybridized carbons (Fsp3) is 0.500. The van der Waals surface area contributed by atoms with Gasteiger partial charge in [0.25, 0.3) is 0 Å². The van der Waals surface area contributed by atoms with E-state index in [1.165, 1.54) is 0 Å². The zero-order chi connectivity index (χ0) is 14.7. The van der Waals surface area contributed by atoms with Crippen LogP contribution in [0.4, 0.5) is 0 Å². The summed E-state index contributed by atoms with van der Waals surface area (Å²) in [6.07, 6.45) is 3.56. The number of hydrogen-bond acceptors (Lipinski definition) is 5. The molecule has 1 aliphatic heterocycles. The molecule has 1 saturated heterocycles. The molecule has 0 aromatic carbocycles. The molecule has 1 N–H and O–H groups in total. The first-order valence-corrected chi connectivity index (χ1v) is 7.54. The minimum Gasteiger partial charge on any atom is -0.379 e. The lowest BCUT2D eigenvalue weighted by Gasteiger charge is -2.29. The highest BCUT2D eigenvalue weighted by Gasteiger charge is 2.19. The molecule has 3 heterocycles. The van der Waals surface area contributed by atoms with E-state index < -0.39 is 0 Å². The quantitative estimate of drug-likeness (QED) is 0.874. The molecule has 0 aliphatic carbocycles. The van der Waals surface area contributed by atoms with E-state index in [1.807, 2.05) is 18.3 Å². The molecule has 1 unspecified atom stereocenters. The molecule has 0 radical (unpaired) electrons. The summed E-state index contributed by atoms with van der Waals surface area (Å²) in [5, 5.41) is 7.26. The summed E-state index contributed by atoms with van der Waals surface area (Å²) >= 11 is 5.40. The molecule has 2 aromatic rings. The molecule has 21 heavy (non-hydrogen) atoms. The second-order valence-electron chi connectivity index (χ2n) is 5.23. The van der Waals surface area contributed by atoms with Gasteiger partial charge in [0.1, 0.15) is 0 Å². The van der Waals surface area contributed by atoms with E-state index in [2.05, 4.69) is 31.6 Å². The molecule has 1 atom stereocenters. The van der Waals surface area contributed by atoms with Crippen molar-refractivity contribution in [3.05, 3.63) is 29.3 Å². The van der Waals surface area contributed by atoms with Crippen LogP contribution in [0.5, 0.6) is 0 Å². The zero-order valence-corrected chi connectivity index (χ0v) is 12.8. The minimum atomic E-state index is 0.240. The molecule has 0 saturated carbocycles. The molecule has 0 spiro atoms. The third-order valence-electron chi connectivity index (χ3n) is 3.69. The normalized spacial score (nSPS) is 17.8. The predicted molar refractivity (Wildman–Crippen MR) is 82.6 cm³/mol. The molecule has 1 aliphatic rings. The maximum Gasteiger partial charge on any atom is 0.195 e. The van der Waals surface area contributed by atoms with E-state index in [-0.39, 0.29) is 6.04 Å². The summed E-state index contributed by atoms with van der Waals surface area (Å²) in [7, 11) is 0. The molecule has 0 bridgehead atoms. The number of nitrogens with one attached hydrogen (secondary N) is 1. The van der Waals surface area contributed by atoms with Gasteiger partial charge in [-0.05, 0) is 31.3 Å². The fourth-order valence-electron chi connectivity index (χ4n) is 2.65. The van der Waals surface area contributed by atoms with Crippen LogP contribution in [0, 0.1) is 4.77 Å². The molecule has 3 rings (SSSR count). The van der Waals surface area contributed by atoms with Gasteiger partial charge in [0.2, 0.25) is 0 Å². The number of nitrogens with zero attached hydrogens (tertiary/aromatic N) is 4. The van der Waals surface area contributed by atoms with Crippen LogP contribution >= 0.6 is 12.2 Å². The van der Waals surface area contributed by atoms with Crippen molar-refractivity contribution in [3.63, 3.8) is 0 Å². The lowest BCUT2D eigenvalue weighted by atomic mass is 10.2. The van der Waals surface area contributed by atoms with E-state index in [0.29, 0.717) is 4.77 Å². The van der Waals surface area contributed by atoms with Crippen molar-refractivity contribution in [1.29, 1.82) is 0 Å². The zero-order valence-electron chi connectivity index (χ0n) is 12.0. The monoisotopic (exact) mass is 305 g/mol. The third kappa shape index (κ3) is 3.20. The van der Waals surface area contributed by atoms with Crippen LogP contribution < -0.4 is 0 Å². The maximum absolute atomic E-state index is 5.40. The number of ether oxygens (including phenoxy) is 1. The summed E-state index contributed by atoms with van der Waals surface area (Å²) < 4.78 is 8.11. The second-order valence-corrected chi connectivity index (χ2v) is 5.61. The smallest absolute Gasteiger partial charge is 0.195 e. The Balaban J connectivity index is 1.84. The largest absolute Gasteiger partial charge is 0.379 e. The van der Waals surface area contributed by atoms with Gasteiger partial charge in [0.05, 0.1) is 13.2 Å². The van der Waals surface area contributed by atoms with Crippen LogP contribution in [-0.2, 0) is 4.74 Å². The Kier molecular flexibility index (Phi) is 4.42. The number of rotatable bonds is 4. The topological polar surface area (TPSA) is 59.0 Å². The summed E-state index contributed by atoms with van der Waals surface area (Å²) in [5.41, 5.74) is 0.971. The first-order valence-electron chi connectivity index (χ1n) is 7.13. The Morgan fingerprint density at radius 2 is 2.24 bits per heavy atom. The number of aromatic amines is 1. The maximum atomic E-state index is 5.40. The first kappa shape index (κ1) is 14.4. The van der Waals surface area contributed by atoms with Gasteiger partial charge in [-0.3, -0.25) is 19.5 Å². The summed E-state index contributed by atoms with van der Waals surface area (Å²) in [6, 6.07) is 4.14. The number of aromatic nitrogens is 4. The summed E-state index contributed by atoms with van der Waals surface area (Å²) in [4.78, 5) is 6.56. The molecule has 1 fully saturated rings. The van der Waals surface area contributed by atoms with Gasteiger partial charge < -0.3 is 4.74 Å². The van der Waals surface area contributed by atoms with Crippen LogP contribution in [-0.4, -0.2) is 57.5 Å². The van der Waals surface area contributed by atoms with Crippen molar-refractivity contribution in [2.75, 3.05) is 32.8 Å². The van der Waals surface area contributed by atoms with Crippen LogP contribution in [0.3, 0.4) is 0 Å². The Morgan fingerprint density at radius 1 is 1.43 bits per heavy atom. The van der Waals surface area contributed by atoms with Gasteiger partial charge >= 0.3 is 0 Å². The van der Waals surface area contributed by atoms with Gasteiger partial charge in [0, 0.05) is 43.6 Å². The van der Waals surface area contributed by atoms with Crippen molar-refractivity contribution in [3.8, 4) is 11.4 Å². The van der Waals surface area contributed by atoms with Gasteiger partial charge in [0.15, 0.2) is 10.6 Å². The average Bonchev–Trinajstić information content (AvgIpc) is 2.91. The molecule has 6 nitrogen and oxygen atoms in total. The molecule has 112 valence electrons. The molecular formula is C14H19N5OS. The van der Waals surface area contributed by atoms with Crippen LogP contribution in [0.15, 0.2) is 24.5 Å². The van der Waals surface area contributed by atoms with Crippen molar-refractivity contribution < 1.29 is 4.74 Å². The van der Waals surface area contributed by atoms with Crippen molar-refractivity contribution >= 4 is 12.2 Å². The van der Waals surface area contributed by atoms with Gasteiger partial charge in [-0.2, -0.15) is 5.10 Å². The molecule has 2 aromatic heterocycles. The van der Waals surface area contributed by atoms with Gasteiger partial charge in [-0.15, -0.1) is 0 Å². The van der Waals surface area contributed by atoms with Crippen LogP contribution in [0.1, 0.15) is 13.0 Å². The standard InChI is InChI=1S/C14H19N5OS/c1-11(10-18-5-7-20-8-6-18)19-13(16-17-14(19)21)12-3-2-4-15-9-12/h2-4,9,11H,5-8,10H2,1H3,(H,17,21). The lowest BCUT2D eigenvalue weighted by molar-refractivity contribution is 0.0325. The molecule has 7 heteroatoms. The number of H-pyrrole nitrogens is 1. The Morgan fingerprint density at radius 3 is 2.95 bits per heavy atom. The molecule has 0 amide bonds. The van der Waals surface area contributed by atoms with Crippen molar-refractivity contribution in [1.82, 2.24) is 24.6 Å². The van der Waals surface area contributed by atoms with E-state index in [1.54, 1.807) is 6.20 Å². The number of morpholine rings is 1. The third-order valence-corrected chi connectivity index (χ3v) is 3.98. The van der Waals surface area contributed by atoms with E-state index in [0.717, 1.165) is 44.2 Å². The summed E-state index contributed by atoms with van der Waals surface area (Å²) in [5.74, 6) is 0.842. The first-order chi connectivity index (χ1) is 10.3. The Labute approximate surface area is 128 Å². The van der Waals surface area contributed by atoms with Gasteiger partial charge in [-0.1, -0.05) is 0 Å². The van der Waals surface area contributed by atoms with E-state index in [9.17, 15) is 0 Å². The van der Waals surface area contributed by atoms with Gasteiger partial charge in [-0.25, -0.2) is 0 Å². The van der Waals surface area contributed by atoms with Crippen molar-refractivity contribution in [2.24, 2.45) is 0 Å². The number of hydrogen-bond donors (Lipinski definition) is 1. The van der Waals surface area contributed by atoms with E-state index >= 15 is 0 Å². The summed E-state index contributed by atoms with van der Waals surface area (Å²) in [6.45, 7) is 6.65. The Bertz CT molecular complexity index is 632. The average molecular weight is 305 g/mol. The minimum absolute atomic E-state index is 0.240. The van der Waals surface area contributed by atoms with E-state index in [4.69, 9.17) is 17.0 Å². The lowest BCUT2D eigenvalue weighted by Crippen LogP contribution is -2.39. The Hall–Kier alpha value is -1.57. The SMILES string of the molecule is CC(CN1CCOCC1)n1c(-c2cccnc2)n[nH]c1=S. The van der Waals surface area contributed by atoms with Crippen molar-refractivity contribution in [2.45, 2.75) is 13.0 Å². The second kappa shape index (κ2) is 6.46. The fourth-order valence-corrected chi connectivity index (χ4v) is 2.96. The van der Waals surface area contributed by atoms with Crippen LogP contribution in [0.2, 0.25) is 0 Å². The highest BCUT2D eigenvalue weighted by atomic mass is 32.1. The molecular weight excluding hydrogens is 286 g/mol. The predicted octanol–water partition coefficient (Wildman–Crippen LogP) is 1.90.